The van der Waals surface area contributed by atoms with Crippen LogP contribution < -0.4 is 9.64 Å². The van der Waals surface area contributed by atoms with Crippen molar-refractivity contribution >= 4 is 22.5 Å². The van der Waals surface area contributed by atoms with Crippen LogP contribution >= 0.6 is 0 Å². The number of ether oxygens (including phenoxy) is 1. The van der Waals surface area contributed by atoms with Gasteiger partial charge in [0.25, 0.3) is 0 Å². The lowest BCUT2D eigenvalue weighted by Crippen LogP contribution is -2.58. The van der Waals surface area contributed by atoms with Gasteiger partial charge in [-0.2, -0.15) is 0 Å². The molecule has 2 heterocycles. The van der Waals surface area contributed by atoms with Crippen molar-refractivity contribution in [2.24, 2.45) is 0 Å². The van der Waals surface area contributed by atoms with Gasteiger partial charge in [-0.1, -0.05) is 48.0 Å². The van der Waals surface area contributed by atoms with Crippen molar-refractivity contribution in [2.75, 3.05) is 11.9 Å². The van der Waals surface area contributed by atoms with Crippen LogP contribution in [0.4, 0.5) is 5.69 Å². The van der Waals surface area contributed by atoms with Crippen LogP contribution in [0, 0.1) is 6.92 Å². The fourth-order valence-corrected chi connectivity index (χ4v) is 4.71. The Hall–Kier alpha value is -2.74. The van der Waals surface area contributed by atoms with E-state index in [4.69, 9.17) is 4.74 Å². The summed E-state index contributed by atoms with van der Waals surface area (Å²) in [6.07, 6.45) is 4.50. The summed E-state index contributed by atoms with van der Waals surface area (Å²) in [4.78, 5) is 2.28. The van der Waals surface area contributed by atoms with Crippen molar-refractivity contribution in [1.29, 1.82) is 0 Å². The summed E-state index contributed by atoms with van der Waals surface area (Å²) in [5.41, 5.74) is 4.35. The normalized spacial score (nSPS) is 22.4. The maximum absolute atomic E-state index is 6.77. The Balaban J connectivity index is 1.70. The number of anilines is 1. The molecule has 2 aliphatic heterocycles. The highest BCUT2D eigenvalue weighted by atomic mass is 16.5. The zero-order valence-electron chi connectivity index (χ0n) is 15.7. The molecule has 1 spiro atoms. The van der Waals surface area contributed by atoms with Gasteiger partial charge in [0.1, 0.15) is 5.75 Å². The van der Waals surface area contributed by atoms with E-state index in [2.05, 4.69) is 99.5 Å². The molecule has 2 nitrogen and oxygen atoms in total. The summed E-state index contributed by atoms with van der Waals surface area (Å²) in [7, 11) is 2.13. The summed E-state index contributed by atoms with van der Waals surface area (Å²) < 4.78 is 6.77. The van der Waals surface area contributed by atoms with E-state index in [1.807, 2.05) is 0 Å². The van der Waals surface area contributed by atoms with E-state index in [0.29, 0.717) is 0 Å². The fourth-order valence-electron chi connectivity index (χ4n) is 4.71. The summed E-state index contributed by atoms with van der Waals surface area (Å²) in [6, 6.07) is 19.5. The van der Waals surface area contributed by atoms with E-state index in [1.165, 1.54) is 33.2 Å². The molecule has 0 aromatic heterocycles. The minimum atomic E-state index is -0.512. The third kappa shape index (κ3) is 1.77. The van der Waals surface area contributed by atoms with E-state index < -0.39 is 5.72 Å². The first-order valence-electron chi connectivity index (χ1n) is 9.19. The van der Waals surface area contributed by atoms with Crippen molar-refractivity contribution in [3.05, 3.63) is 77.4 Å². The van der Waals surface area contributed by atoms with E-state index in [1.54, 1.807) is 0 Å². The SMILES string of the molecule is Cc1ccc2c3c(ccc2c1)OC1(C=C3)N(C)c2ccccc2C1(C)C. The number of likely N-dealkylation sites (N-methyl/N-ethyl adjacent to an activating group) is 1. The minimum Gasteiger partial charge on any atom is -0.463 e. The van der Waals surface area contributed by atoms with Crippen LogP contribution in [-0.4, -0.2) is 12.8 Å². The molecule has 130 valence electrons. The number of rotatable bonds is 0. The maximum atomic E-state index is 6.77. The van der Waals surface area contributed by atoms with Gasteiger partial charge in [-0.05, 0) is 61.4 Å². The molecule has 0 bridgehead atoms. The molecule has 1 atom stereocenters. The van der Waals surface area contributed by atoms with Gasteiger partial charge in [-0.15, -0.1) is 0 Å². The molecule has 2 aliphatic rings. The first-order valence-corrected chi connectivity index (χ1v) is 9.19. The second kappa shape index (κ2) is 4.91. The lowest BCUT2D eigenvalue weighted by atomic mass is 9.76. The van der Waals surface area contributed by atoms with Crippen LogP contribution in [0.15, 0.2) is 60.7 Å². The highest BCUT2D eigenvalue weighted by molar-refractivity contribution is 5.94. The van der Waals surface area contributed by atoms with Gasteiger partial charge in [0.2, 0.25) is 5.72 Å². The van der Waals surface area contributed by atoms with Crippen LogP contribution in [0.25, 0.3) is 16.8 Å². The van der Waals surface area contributed by atoms with Gasteiger partial charge >= 0.3 is 0 Å². The fraction of sp³-hybridized carbons (Fsp3) is 0.250. The Morgan fingerprint density at radius 1 is 0.962 bits per heavy atom. The quantitative estimate of drug-likeness (QED) is 0.522. The Morgan fingerprint density at radius 3 is 2.58 bits per heavy atom. The molecular formula is C24H23NO. The van der Waals surface area contributed by atoms with Crippen molar-refractivity contribution in [3.63, 3.8) is 0 Å². The van der Waals surface area contributed by atoms with E-state index in [9.17, 15) is 0 Å². The summed E-state index contributed by atoms with van der Waals surface area (Å²) in [5, 5.41) is 2.51. The number of para-hydroxylation sites is 1. The van der Waals surface area contributed by atoms with Crippen LogP contribution in [0.3, 0.4) is 0 Å². The standard InChI is InChI=1S/C24H23NO/c1-16-9-11-18-17(15-16)10-12-22-19(18)13-14-24(26-22)23(2,3)20-7-5-6-8-21(20)25(24)4/h5-15H,1-4H3. The molecule has 0 N–H and O–H groups in total. The average molecular weight is 341 g/mol. The minimum absolute atomic E-state index is 0.158. The van der Waals surface area contributed by atoms with Gasteiger partial charge in [0, 0.05) is 18.3 Å². The van der Waals surface area contributed by atoms with Crippen molar-refractivity contribution < 1.29 is 4.74 Å². The number of nitrogens with zero attached hydrogens (tertiary/aromatic N) is 1. The molecule has 5 rings (SSSR count). The third-order valence-corrected chi connectivity index (χ3v) is 6.25. The van der Waals surface area contributed by atoms with Crippen molar-refractivity contribution in [1.82, 2.24) is 0 Å². The molecule has 0 saturated heterocycles. The van der Waals surface area contributed by atoms with E-state index in [0.717, 1.165) is 5.75 Å². The summed E-state index contributed by atoms with van der Waals surface area (Å²) >= 11 is 0. The largest absolute Gasteiger partial charge is 0.463 e. The topological polar surface area (TPSA) is 12.5 Å². The number of hydrogen-bond acceptors (Lipinski definition) is 2. The second-order valence-corrected chi connectivity index (χ2v) is 8.03. The van der Waals surface area contributed by atoms with E-state index in [-0.39, 0.29) is 5.41 Å². The van der Waals surface area contributed by atoms with Gasteiger partial charge in [-0.3, -0.25) is 0 Å². The predicted molar refractivity (Wildman–Crippen MR) is 109 cm³/mol. The zero-order valence-corrected chi connectivity index (χ0v) is 15.7. The highest BCUT2D eigenvalue weighted by Crippen LogP contribution is 2.54. The smallest absolute Gasteiger partial charge is 0.211 e. The predicted octanol–water partition coefficient (Wildman–Crippen LogP) is 5.68. The average Bonchev–Trinajstić information content (AvgIpc) is 2.80. The summed E-state index contributed by atoms with van der Waals surface area (Å²) in [5.74, 6) is 0.955. The molecule has 2 heteroatoms. The van der Waals surface area contributed by atoms with Gasteiger partial charge in [-0.25, -0.2) is 0 Å². The highest BCUT2D eigenvalue weighted by Gasteiger charge is 2.57. The van der Waals surface area contributed by atoms with Gasteiger partial charge in [0.05, 0.1) is 5.41 Å². The number of fused-ring (bicyclic) bond motifs is 4. The number of hydrogen-bond donors (Lipinski definition) is 0. The van der Waals surface area contributed by atoms with Crippen LogP contribution in [0.5, 0.6) is 5.75 Å². The van der Waals surface area contributed by atoms with Gasteiger partial charge in [0.15, 0.2) is 0 Å². The lowest BCUT2D eigenvalue weighted by molar-refractivity contribution is 0.0584. The van der Waals surface area contributed by atoms with Crippen LogP contribution in [0.1, 0.15) is 30.5 Å². The second-order valence-electron chi connectivity index (χ2n) is 8.03. The molecule has 0 amide bonds. The van der Waals surface area contributed by atoms with Crippen LogP contribution in [-0.2, 0) is 5.41 Å². The molecule has 0 saturated carbocycles. The Morgan fingerprint density at radius 2 is 1.77 bits per heavy atom. The Bertz CT molecular complexity index is 1080. The van der Waals surface area contributed by atoms with Crippen molar-refractivity contribution in [2.45, 2.75) is 31.9 Å². The first-order chi connectivity index (χ1) is 12.4. The third-order valence-electron chi connectivity index (χ3n) is 6.25. The summed E-state index contributed by atoms with van der Waals surface area (Å²) in [6.45, 7) is 6.68. The molecule has 3 aromatic rings. The monoisotopic (exact) mass is 341 g/mol. The maximum Gasteiger partial charge on any atom is 0.211 e. The first kappa shape index (κ1) is 15.5. The van der Waals surface area contributed by atoms with Crippen molar-refractivity contribution in [3.8, 4) is 5.75 Å². The van der Waals surface area contributed by atoms with Gasteiger partial charge < -0.3 is 9.64 Å². The van der Waals surface area contributed by atoms with E-state index >= 15 is 0 Å². The molecule has 0 aliphatic carbocycles. The lowest BCUT2D eigenvalue weighted by Gasteiger charge is -2.46. The molecule has 1 unspecified atom stereocenters. The van der Waals surface area contributed by atoms with Crippen LogP contribution in [0.2, 0.25) is 0 Å². The Labute approximate surface area is 154 Å². The molecule has 0 fully saturated rings. The number of benzene rings is 3. The molecule has 3 aromatic carbocycles. The Kier molecular flexibility index (Phi) is 2.93. The zero-order chi connectivity index (χ0) is 18.1. The number of aryl methyl sites for hydroxylation is 1. The molecular weight excluding hydrogens is 318 g/mol. The molecule has 26 heavy (non-hydrogen) atoms. The molecule has 0 radical (unpaired) electrons.